The van der Waals surface area contributed by atoms with Crippen molar-refractivity contribution in [2.75, 3.05) is 19.6 Å². The average Bonchev–Trinajstić information content (AvgIpc) is 0.691. The number of hydrogen-bond acceptors (Lipinski definition) is 6. The maximum atomic E-state index is 2.67. The van der Waals surface area contributed by atoms with Crippen molar-refractivity contribution in [2.24, 2.45) is 0 Å². The molecule has 0 aromatic heterocycles. The minimum absolute atomic E-state index is 0.0200. The second-order valence-corrected chi connectivity index (χ2v) is 31.7. The summed E-state index contributed by atoms with van der Waals surface area (Å²) in [4.78, 5) is 15.2. The highest BCUT2D eigenvalue weighted by Crippen LogP contribution is 2.53. The molecule has 0 spiro atoms. The van der Waals surface area contributed by atoms with Crippen molar-refractivity contribution < 1.29 is 0 Å². The van der Waals surface area contributed by atoms with Crippen LogP contribution in [0.15, 0.2) is 402 Å². The molecule has 0 radical (unpaired) electrons. The number of anilines is 12. The number of benzene rings is 16. The van der Waals surface area contributed by atoms with Crippen molar-refractivity contribution in [2.45, 2.75) is 45.8 Å². The zero-order chi connectivity index (χ0) is 72.0. The summed E-state index contributed by atoms with van der Waals surface area (Å²) in [7, 11) is 0. The molecule has 0 atom stereocenters. The monoisotopic (exact) mass is 1410 g/mol. The van der Waals surface area contributed by atoms with Gasteiger partial charge in [-0.15, -0.1) is 0 Å². The van der Waals surface area contributed by atoms with Gasteiger partial charge in [0.05, 0.1) is 17.1 Å². The van der Waals surface area contributed by atoms with Gasteiger partial charge in [-0.25, -0.2) is 0 Å². The lowest BCUT2D eigenvalue weighted by Crippen LogP contribution is -2.64. The zero-order valence-electron chi connectivity index (χ0n) is 60.1. The Bertz CT molecular complexity index is 6110. The van der Waals surface area contributed by atoms with Gasteiger partial charge in [0.15, 0.2) is 0 Å². The van der Waals surface area contributed by atoms with Crippen LogP contribution < -0.4 is 52.4 Å². The van der Waals surface area contributed by atoms with Crippen LogP contribution >= 0.6 is 23.5 Å². The van der Waals surface area contributed by atoms with Gasteiger partial charge >= 0.3 is 0 Å². The van der Waals surface area contributed by atoms with Gasteiger partial charge in [0, 0.05) is 87.5 Å². The molecule has 4 nitrogen and oxygen atoms in total. The van der Waals surface area contributed by atoms with Crippen molar-refractivity contribution >= 4 is 138 Å². The van der Waals surface area contributed by atoms with Gasteiger partial charge in [0.1, 0.15) is 0 Å². The van der Waals surface area contributed by atoms with E-state index in [0.717, 1.165) is 90.4 Å². The van der Waals surface area contributed by atoms with E-state index in [2.05, 4.69) is 423 Å². The summed E-state index contributed by atoms with van der Waals surface area (Å²) in [6.45, 7) is 6.67. The van der Waals surface area contributed by atoms with Crippen LogP contribution in [0.4, 0.5) is 68.2 Å². The number of hydrogen-bond donors (Lipinski definition) is 0. The molecule has 0 N–H and O–H groups in total. The number of fused-ring (bicyclic) bond motifs is 8. The van der Waals surface area contributed by atoms with E-state index in [1.54, 1.807) is 0 Å². The van der Waals surface area contributed by atoms with Crippen LogP contribution in [0.25, 0.3) is 55.6 Å². The van der Waals surface area contributed by atoms with E-state index in [1.807, 2.05) is 23.5 Å². The molecule has 0 amide bonds. The number of rotatable bonds is 13. The molecule has 16 aromatic carbocycles. The van der Waals surface area contributed by atoms with Gasteiger partial charge in [0.25, 0.3) is 0 Å². The van der Waals surface area contributed by atoms with Crippen molar-refractivity contribution in [3.8, 4) is 55.6 Å². The van der Waals surface area contributed by atoms with Crippen molar-refractivity contribution in [3.63, 3.8) is 0 Å². The van der Waals surface area contributed by atoms with Crippen LogP contribution in [-0.4, -0.2) is 13.4 Å². The highest BCUT2D eigenvalue weighted by molar-refractivity contribution is 8.00. The van der Waals surface area contributed by atoms with Crippen molar-refractivity contribution in [1.82, 2.24) is 0 Å². The van der Waals surface area contributed by atoms with Gasteiger partial charge < -0.3 is 19.6 Å². The largest absolute Gasteiger partial charge is 0.311 e. The Kier molecular flexibility index (Phi) is 16.2. The molecule has 4 aliphatic heterocycles. The highest BCUT2D eigenvalue weighted by atomic mass is 32.2. The van der Waals surface area contributed by atoms with Crippen LogP contribution in [0.5, 0.6) is 0 Å². The van der Waals surface area contributed by atoms with Crippen LogP contribution in [0.1, 0.15) is 26.3 Å². The Balaban J connectivity index is 0.847. The average molecular weight is 1420 g/mol. The molecule has 8 heteroatoms. The third-order valence-corrected chi connectivity index (χ3v) is 24.4. The van der Waals surface area contributed by atoms with E-state index in [9.17, 15) is 0 Å². The van der Waals surface area contributed by atoms with Crippen LogP contribution in [0, 0.1) is 0 Å². The fourth-order valence-corrected chi connectivity index (χ4v) is 19.5. The Morgan fingerprint density at radius 1 is 0.250 bits per heavy atom. The molecule has 0 unspecified atom stereocenters. The fourth-order valence-electron chi connectivity index (χ4n) is 17.1. The van der Waals surface area contributed by atoms with Crippen LogP contribution in [0.3, 0.4) is 0 Å². The molecule has 0 saturated carbocycles. The summed E-state index contributed by atoms with van der Waals surface area (Å²) in [6.07, 6.45) is 0. The third kappa shape index (κ3) is 11.3. The van der Waals surface area contributed by atoms with E-state index in [-0.39, 0.29) is 18.8 Å². The molecule has 20 rings (SSSR count). The zero-order valence-corrected chi connectivity index (χ0v) is 61.8. The maximum absolute atomic E-state index is 2.67. The predicted molar refractivity (Wildman–Crippen MR) is 461 cm³/mol. The normalized spacial score (nSPS) is 12.8. The quantitative estimate of drug-likeness (QED) is 0.106. The van der Waals surface area contributed by atoms with Gasteiger partial charge in [-0.3, -0.25) is 0 Å². The second kappa shape index (κ2) is 26.9. The number of para-hydroxylation sites is 5. The first kappa shape index (κ1) is 65.1. The molecule has 4 aliphatic rings. The lowest BCUT2D eigenvalue weighted by molar-refractivity contribution is 0.590. The molecule has 0 fully saturated rings. The summed E-state index contributed by atoms with van der Waals surface area (Å²) in [5.74, 6) is 0. The maximum Gasteiger partial charge on any atom is 0.249 e. The second-order valence-electron chi connectivity index (χ2n) is 29.5. The minimum Gasteiger partial charge on any atom is -0.311 e. The van der Waals surface area contributed by atoms with E-state index in [4.69, 9.17) is 0 Å². The molecule has 510 valence electrons. The van der Waals surface area contributed by atoms with E-state index in [0.29, 0.717) is 0 Å². The summed E-state index contributed by atoms with van der Waals surface area (Å²) >= 11 is 3.83. The molecule has 0 bridgehead atoms. The summed E-state index contributed by atoms with van der Waals surface area (Å²) in [5.41, 5.74) is 34.1. The van der Waals surface area contributed by atoms with E-state index < -0.39 is 0 Å². The molecule has 16 aromatic rings. The Morgan fingerprint density at radius 3 is 1.19 bits per heavy atom. The lowest BCUT2D eigenvalue weighted by Gasteiger charge is -2.44. The predicted octanol–water partition coefficient (Wildman–Crippen LogP) is 23.8. The SMILES string of the molecule is CC(C)(C)c1ccc(-c2ccccc2N2c3cc4c(cc3B3c5ccccc5Sc5cc(N(c6ccc(-c7ccccc7)cc6)c6ccccc6-c6ccccc6)cc2c53)B2c3ccccc3N(c3ccccc3)c3cc(N(c5ccc(-c6ccccc6)cc5)c5ccccc5-c5ccccc5)cc(c32)S4)cc1. The molecule has 108 heavy (non-hydrogen) atoms. The first-order valence-corrected chi connectivity index (χ1v) is 39.0. The van der Waals surface area contributed by atoms with Gasteiger partial charge in [-0.05, 0) is 169 Å². The Labute approximate surface area is 642 Å². The van der Waals surface area contributed by atoms with Gasteiger partial charge in [-0.2, -0.15) is 0 Å². The van der Waals surface area contributed by atoms with E-state index >= 15 is 0 Å². The van der Waals surface area contributed by atoms with Gasteiger partial charge in [0.2, 0.25) is 13.4 Å². The molecular weight excluding hydrogens is 1340 g/mol. The molecule has 0 saturated heterocycles. The van der Waals surface area contributed by atoms with Crippen molar-refractivity contribution in [3.05, 3.63) is 388 Å². The van der Waals surface area contributed by atoms with E-state index in [1.165, 1.54) is 91.4 Å². The molecule has 4 heterocycles. The highest BCUT2D eigenvalue weighted by Gasteiger charge is 2.47. The fraction of sp³-hybridized carbons (Fsp3) is 0.0400. The third-order valence-electron chi connectivity index (χ3n) is 22.1. The summed E-state index contributed by atoms with van der Waals surface area (Å²) < 4.78 is 0. The van der Waals surface area contributed by atoms with Gasteiger partial charge in [-0.1, -0.05) is 340 Å². The summed E-state index contributed by atoms with van der Waals surface area (Å²) in [5, 5.41) is 0. The molecule has 0 aliphatic carbocycles. The van der Waals surface area contributed by atoms with Crippen LogP contribution in [-0.2, 0) is 5.41 Å². The van der Waals surface area contributed by atoms with Crippen LogP contribution in [0.2, 0.25) is 0 Å². The molecular formula is C100H72B2N4S2. The van der Waals surface area contributed by atoms with Crippen molar-refractivity contribution in [1.29, 1.82) is 0 Å². The lowest BCUT2D eigenvalue weighted by atomic mass is 9.31. The number of nitrogens with zero attached hydrogens (tertiary/aromatic N) is 4. The Hall–Kier alpha value is -12.5. The summed E-state index contributed by atoms with van der Waals surface area (Å²) in [6, 6.07) is 143. The Morgan fingerprint density at radius 2 is 0.648 bits per heavy atom. The standard InChI is InChI=1S/C100H72B2N4S2/c1-100(2,3)74-55-49-73(50-56-74)82-41-21-26-46-89(82)106-91-66-95-86(65-85(91)102-84-43-23-28-48-94(84)107-96-63-79(62-93(106)99(96)102)104(77-59-53-70(54-60-77)68-31-11-5-12-32-68)88-45-25-20-40-81(88)72-35-15-7-16-36-72)101-83-42-22-27-47-90(83)105(75-37-17-8-18-38-75)92-61-78(64-97(108-95)98(92)101)103(76-57-51-69(52-58-76)67-29-9-4-10-30-67)87-44-24-19-39-80(87)71-33-13-6-14-34-71/h4-66H,1-3H3. The first-order chi connectivity index (χ1) is 53.2. The minimum atomic E-state index is -0.123. The topological polar surface area (TPSA) is 13.0 Å². The first-order valence-electron chi connectivity index (χ1n) is 37.4. The smallest absolute Gasteiger partial charge is 0.249 e.